The molecule has 0 aromatic heterocycles. The summed E-state index contributed by atoms with van der Waals surface area (Å²) in [5, 5.41) is 18.1. The maximum Gasteiger partial charge on any atom is 0.408 e. The summed E-state index contributed by atoms with van der Waals surface area (Å²) in [5.41, 5.74) is 0. The fourth-order valence-electron chi connectivity index (χ4n) is 1.92. The van der Waals surface area contributed by atoms with Gasteiger partial charge in [-0.1, -0.05) is 20.8 Å². The Morgan fingerprint density at radius 1 is 1.26 bits per heavy atom. The number of hydrogen-bond acceptors (Lipinski definition) is 3. The van der Waals surface area contributed by atoms with Gasteiger partial charge in [0.2, 0.25) is 0 Å². The third kappa shape index (κ3) is 3.47. The van der Waals surface area contributed by atoms with Gasteiger partial charge in [0.05, 0.1) is 6.10 Å². The van der Waals surface area contributed by atoms with Crippen molar-refractivity contribution in [2.24, 2.45) is 0 Å². The second kappa shape index (κ2) is 5.13. The minimum Gasteiger partial charge on any atom is -0.480 e. The monoisotopic (exact) mass is 289 g/mol. The number of carboxylic acid groups (broad SMARTS) is 2. The minimum atomic E-state index is -2.01. The van der Waals surface area contributed by atoms with Gasteiger partial charge in [0.25, 0.3) is 0 Å². The summed E-state index contributed by atoms with van der Waals surface area (Å²) in [6, 6.07) is -0.993. The second-order valence-electron chi connectivity index (χ2n) is 6.52. The average molecular weight is 289 g/mol. The summed E-state index contributed by atoms with van der Waals surface area (Å²) in [4.78, 5) is 23.1. The van der Waals surface area contributed by atoms with Crippen molar-refractivity contribution < 1.29 is 24.2 Å². The molecule has 0 saturated carbocycles. The molecule has 0 aromatic rings. The third-order valence-corrected chi connectivity index (χ3v) is 8.60. The number of carboxylic acids is 1. The zero-order chi connectivity index (χ0) is 15.0. The van der Waals surface area contributed by atoms with Crippen LogP contribution in [0.4, 0.5) is 4.79 Å². The van der Waals surface area contributed by atoms with E-state index in [0.717, 1.165) is 4.90 Å². The molecule has 1 amide bonds. The van der Waals surface area contributed by atoms with Gasteiger partial charge in [-0.3, -0.25) is 4.90 Å². The molecule has 1 aliphatic heterocycles. The van der Waals surface area contributed by atoms with Gasteiger partial charge < -0.3 is 14.6 Å². The van der Waals surface area contributed by atoms with E-state index in [-0.39, 0.29) is 24.1 Å². The van der Waals surface area contributed by atoms with Gasteiger partial charge in [-0.2, -0.15) is 0 Å². The van der Waals surface area contributed by atoms with E-state index in [9.17, 15) is 9.59 Å². The standard InChI is InChI=1S/C12H23NO5Si/c1-12(2,3)19(4,5)18-8-6-9(10(14)15)13(7-8)11(16)17/h8-9H,6-7H2,1-5H3,(H,14,15)(H,16,17)/t8-,9?/m0/s1. The first kappa shape index (κ1) is 16.0. The van der Waals surface area contributed by atoms with E-state index in [1.165, 1.54) is 0 Å². The molecule has 1 aliphatic rings. The molecule has 0 spiro atoms. The van der Waals surface area contributed by atoms with Crippen molar-refractivity contribution in [1.29, 1.82) is 0 Å². The molecule has 110 valence electrons. The Balaban J connectivity index is 2.79. The highest BCUT2D eigenvalue weighted by Crippen LogP contribution is 2.38. The number of hydrogen-bond donors (Lipinski definition) is 2. The van der Waals surface area contributed by atoms with E-state index in [1.807, 2.05) is 0 Å². The van der Waals surface area contributed by atoms with Crippen molar-refractivity contribution in [2.75, 3.05) is 6.54 Å². The SMILES string of the molecule is CC(C)(C)[Si](C)(C)O[C@H]1CC(C(=O)O)N(C(=O)O)C1. The molecule has 1 heterocycles. The Morgan fingerprint density at radius 3 is 2.11 bits per heavy atom. The Morgan fingerprint density at radius 2 is 1.79 bits per heavy atom. The van der Waals surface area contributed by atoms with E-state index < -0.39 is 26.4 Å². The van der Waals surface area contributed by atoms with Crippen LogP contribution in [0, 0.1) is 0 Å². The topological polar surface area (TPSA) is 87.1 Å². The summed E-state index contributed by atoms with van der Waals surface area (Å²) >= 11 is 0. The first-order chi connectivity index (χ1) is 8.45. The van der Waals surface area contributed by atoms with Gasteiger partial charge >= 0.3 is 12.1 Å². The van der Waals surface area contributed by atoms with E-state index >= 15 is 0 Å². The summed E-state index contributed by atoms with van der Waals surface area (Å²) in [6.07, 6.45) is -1.29. The smallest absolute Gasteiger partial charge is 0.408 e. The number of amides is 1. The normalized spacial score (nSPS) is 24.6. The Labute approximate surface area is 114 Å². The highest BCUT2D eigenvalue weighted by atomic mass is 28.4. The molecule has 1 unspecified atom stereocenters. The van der Waals surface area contributed by atoms with Crippen molar-refractivity contribution in [3.8, 4) is 0 Å². The minimum absolute atomic E-state index is 0.0162. The lowest BCUT2D eigenvalue weighted by Crippen LogP contribution is -2.44. The molecular formula is C12H23NO5Si. The summed E-state index contributed by atoms with van der Waals surface area (Å²) in [5.74, 6) is -1.11. The molecule has 2 atom stereocenters. The number of aliphatic carboxylic acids is 1. The maximum atomic E-state index is 11.1. The van der Waals surface area contributed by atoms with E-state index in [4.69, 9.17) is 14.6 Å². The van der Waals surface area contributed by atoms with Crippen molar-refractivity contribution in [1.82, 2.24) is 4.90 Å². The van der Waals surface area contributed by atoms with Crippen molar-refractivity contribution in [3.63, 3.8) is 0 Å². The number of nitrogens with zero attached hydrogens (tertiary/aromatic N) is 1. The molecule has 7 heteroatoms. The molecule has 1 saturated heterocycles. The third-order valence-electron chi connectivity index (χ3n) is 4.06. The first-order valence-corrected chi connectivity index (χ1v) is 9.26. The predicted molar refractivity (Wildman–Crippen MR) is 72.8 cm³/mol. The fraction of sp³-hybridized carbons (Fsp3) is 0.833. The van der Waals surface area contributed by atoms with Gasteiger partial charge in [0.15, 0.2) is 8.32 Å². The lowest BCUT2D eigenvalue weighted by atomic mass is 10.2. The van der Waals surface area contributed by atoms with Crippen LogP contribution >= 0.6 is 0 Å². The van der Waals surface area contributed by atoms with Crippen molar-refractivity contribution in [2.45, 2.75) is 57.5 Å². The van der Waals surface area contributed by atoms with E-state index in [1.54, 1.807) is 0 Å². The zero-order valence-electron chi connectivity index (χ0n) is 12.1. The summed E-state index contributed by atoms with van der Waals surface area (Å²) in [6.45, 7) is 10.6. The summed E-state index contributed by atoms with van der Waals surface area (Å²) < 4.78 is 6.09. The van der Waals surface area contributed by atoms with Gasteiger partial charge in [-0.05, 0) is 18.1 Å². The molecule has 1 rings (SSSR count). The highest BCUT2D eigenvalue weighted by Gasteiger charge is 2.45. The van der Waals surface area contributed by atoms with Crippen molar-refractivity contribution in [3.05, 3.63) is 0 Å². The van der Waals surface area contributed by atoms with Crippen LogP contribution < -0.4 is 0 Å². The largest absolute Gasteiger partial charge is 0.480 e. The van der Waals surface area contributed by atoms with Crippen LogP contribution in [0.2, 0.25) is 18.1 Å². The van der Waals surface area contributed by atoms with Crippen LogP contribution in [0.5, 0.6) is 0 Å². The lowest BCUT2D eigenvalue weighted by Gasteiger charge is -2.38. The van der Waals surface area contributed by atoms with Crippen LogP contribution in [0.3, 0.4) is 0 Å². The Hall–Kier alpha value is -1.08. The van der Waals surface area contributed by atoms with E-state index in [0.29, 0.717) is 0 Å². The average Bonchev–Trinajstić information content (AvgIpc) is 2.59. The molecule has 19 heavy (non-hydrogen) atoms. The molecular weight excluding hydrogens is 266 g/mol. The number of rotatable bonds is 3. The second-order valence-corrected chi connectivity index (χ2v) is 11.3. The Kier molecular flexibility index (Phi) is 4.31. The van der Waals surface area contributed by atoms with Crippen LogP contribution in [0.25, 0.3) is 0 Å². The van der Waals surface area contributed by atoms with Crippen molar-refractivity contribution >= 4 is 20.4 Å². The first-order valence-electron chi connectivity index (χ1n) is 6.36. The van der Waals surface area contributed by atoms with Crippen LogP contribution in [0.15, 0.2) is 0 Å². The molecule has 1 fully saturated rings. The van der Waals surface area contributed by atoms with Crippen LogP contribution in [-0.2, 0) is 9.22 Å². The predicted octanol–water partition coefficient (Wildman–Crippen LogP) is 2.21. The quantitative estimate of drug-likeness (QED) is 0.778. The molecule has 6 nitrogen and oxygen atoms in total. The maximum absolute atomic E-state index is 11.1. The molecule has 0 bridgehead atoms. The lowest BCUT2D eigenvalue weighted by molar-refractivity contribution is -0.141. The molecule has 0 radical (unpaired) electrons. The van der Waals surface area contributed by atoms with Gasteiger partial charge in [-0.25, -0.2) is 9.59 Å². The van der Waals surface area contributed by atoms with Gasteiger partial charge in [0.1, 0.15) is 6.04 Å². The fourth-order valence-corrected chi connectivity index (χ4v) is 3.28. The van der Waals surface area contributed by atoms with Gasteiger partial charge in [0, 0.05) is 13.0 Å². The van der Waals surface area contributed by atoms with E-state index in [2.05, 4.69) is 33.9 Å². The van der Waals surface area contributed by atoms with Gasteiger partial charge in [-0.15, -0.1) is 0 Å². The highest BCUT2D eigenvalue weighted by molar-refractivity contribution is 6.74. The van der Waals surface area contributed by atoms with Crippen LogP contribution in [0.1, 0.15) is 27.2 Å². The zero-order valence-corrected chi connectivity index (χ0v) is 13.1. The number of carbonyl (C=O) groups is 2. The summed E-state index contributed by atoms with van der Waals surface area (Å²) in [7, 11) is -2.01. The molecule has 0 aliphatic carbocycles. The molecule has 2 N–H and O–H groups in total. The molecule has 0 aromatic carbocycles. The van der Waals surface area contributed by atoms with Crippen LogP contribution in [-0.4, -0.2) is 54.2 Å². The Bertz CT molecular complexity index is 355. The number of likely N-dealkylation sites (tertiary alicyclic amines) is 1.